The number of carboxylic acid groups (broad SMARTS) is 1. The van der Waals surface area contributed by atoms with Gasteiger partial charge < -0.3 is 15.5 Å². The summed E-state index contributed by atoms with van der Waals surface area (Å²) in [7, 11) is 0. The molecule has 18 heavy (non-hydrogen) atoms. The number of carbonyl (C=O) groups is 1. The number of aliphatic hydroxyl groups excluding tert-OH is 1. The highest BCUT2D eigenvalue weighted by atomic mass is 79.9. The molecule has 0 aliphatic rings. The van der Waals surface area contributed by atoms with Crippen molar-refractivity contribution in [1.29, 1.82) is 0 Å². The number of carboxylic acids is 1. The number of halogens is 1. The largest absolute Gasteiger partial charge is 0.478 e. The SMILES string of the molecule is O=C(O)c1ccc(Br)cc1NCCSCCCO. The molecule has 0 aliphatic heterocycles. The maximum absolute atomic E-state index is 11.0. The molecule has 0 atom stereocenters. The van der Waals surface area contributed by atoms with Gasteiger partial charge in [-0.1, -0.05) is 15.9 Å². The lowest BCUT2D eigenvalue weighted by Gasteiger charge is -2.09. The summed E-state index contributed by atoms with van der Waals surface area (Å²) < 4.78 is 0.850. The Morgan fingerprint density at radius 2 is 2.17 bits per heavy atom. The van der Waals surface area contributed by atoms with Gasteiger partial charge in [0.1, 0.15) is 0 Å². The molecule has 0 saturated heterocycles. The Labute approximate surface area is 119 Å². The van der Waals surface area contributed by atoms with Gasteiger partial charge in [0.15, 0.2) is 0 Å². The fourth-order valence-electron chi connectivity index (χ4n) is 1.38. The van der Waals surface area contributed by atoms with Crippen molar-refractivity contribution in [3.63, 3.8) is 0 Å². The van der Waals surface area contributed by atoms with Gasteiger partial charge in [0, 0.05) is 29.1 Å². The van der Waals surface area contributed by atoms with Gasteiger partial charge in [-0.15, -0.1) is 0 Å². The van der Waals surface area contributed by atoms with Gasteiger partial charge in [-0.3, -0.25) is 0 Å². The van der Waals surface area contributed by atoms with Crippen LogP contribution < -0.4 is 5.32 Å². The molecular formula is C12H16BrNO3S. The van der Waals surface area contributed by atoms with Gasteiger partial charge in [0.2, 0.25) is 0 Å². The van der Waals surface area contributed by atoms with Crippen LogP contribution >= 0.6 is 27.7 Å². The first kappa shape index (κ1) is 15.3. The van der Waals surface area contributed by atoms with Crippen LogP contribution in [-0.4, -0.2) is 40.8 Å². The third kappa shape index (κ3) is 5.29. The minimum atomic E-state index is -0.932. The summed E-state index contributed by atoms with van der Waals surface area (Å²) in [5.41, 5.74) is 0.901. The molecule has 0 fully saturated rings. The average molecular weight is 334 g/mol. The Kier molecular flexibility index (Phi) is 7.15. The van der Waals surface area contributed by atoms with Crippen molar-refractivity contribution < 1.29 is 15.0 Å². The molecule has 0 bridgehead atoms. The lowest BCUT2D eigenvalue weighted by atomic mass is 10.2. The highest BCUT2D eigenvalue weighted by Gasteiger charge is 2.09. The van der Waals surface area contributed by atoms with E-state index in [4.69, 9.17) is 10.2 Å². The highest BCUT2D eigenvalue weighted by Crippen LogP contribution is 2.21. The number of rotatable bonds is 8. The second kappa shape index (κ2) is 8.39. The Balaban J connectivity index is 2.45. The lowest BCUT2D eigenvalue weighted by molar-refractivity contribution is 0.0698. The average Bonchev–Trinajstić information content (AvgIpc) is 2.33. The summed E-state index contributed by atoms with van der Waals surface area (Å²) >= 11 is 5.06. The van der Waals surface area contributed by atoms with E-state index in [-0.39, 0.29) is 12.2 Å². The van der Waals surface area contributed by atoms with Crippen LogP contribution in [0.25, 0.3) is 0 Å². The molecule has 1 aromatic rings. The number of hydrogen-bond donors (Lipinski definition) is 3. The number of thioether (sulfide) groups is 1. The van der Waals surface area contributed by atoms with Gasteiger partial charge in [-0.2, -0.15) is 11.8 Å². The summed E-state index contributed by atoms with van der Waals surface area (Å²) in [6.45, 7) is 0.919. The lowest BCUT2D eigenvalue weighted by Crippen LogP contribution is -2.09. The third-order valence-electron chi connectivity index (χ3n) is 2.22. The van der Waals surface area contributed by atoms with Crippen molar-refractivity contribution in [2.45, 2.75) is 6.42 Å². The number of nitrogens with one attached hydrogen (secondary N) is 1. The maximum atomic E-state index is 11.0. The fourth-order valence-corrected chi connectivity index (χ4v) is 2.52. The number of anilines is 1. The maximum Gasteiger partial charge on any atom is 0.337 e. The van der Waals surface area contributed by atoms with Crippen LogP contribution in [0.4, 0.5) is 5.69 Å². The molecule has 0 aliphatic carbocycles. The van der Waals surface area contributed by atoms with E-state index in [0.717, 1.165) is 22.4 Å². The normalized spacial score (nSPS) is 10.3. The smallest absolute Gasteiger partial charge is 0.337 e. The van der Waals surface area contributed by atoms with E-state index in [1.807, 2.05) is 0 Å². The van der Waals surface area contributed by atoms with Crippen molar-refractivity contribution in [3.8, 4) is 0 Å². The van der Waals surface area contributed by atoms with Crippen LogP contribution in [0.15, 0.2) is 22.7 Å². The first-order valence-electron chi connectivity index (χ1n) is 5.60. The number of aliphatic hydroxyl groups is 1. The summed E-state index contributed by atoms with van der Waals surface area (Å²) in [6, 6.07) is 5.06. The molecule has 0 radical (unpaired) electrons. The predicted octanol–water partition coefficient (Wildman–Crippen LogP) is 2.67. The molecule has 100 valence electrons. The monoisotopic (exact) mass is 333 g/mol. The van der Waals surface area contributed by atoms with Crippen LogP contribution in [-0.2, 0) is 0 Å². The van der Waals surface area contributed by atoms with Crippen molar-refractivity contribution >= 4 is 39.3 Å². The van der Waals surface area contributed by atoms with E-state index in [0.29, 0.717) is 12.2 Å². The van der Waals surface area contributed by atoms with Crippen LogP contribution in [0, 0.1) is 0 Å². The van der Waals surface area contributed by atoms with Gasteiger partial charge in [0.05, 0.1) is 5.56 Å². The molecule has 0 heterocycles. The molecule has 6 heteroatoms. The van der Waals surface area contributed by atoms with E-state index in [1.165, 1.54) is 0 Å². The third-order valence-corrected chi connectivity index (χ3v) is 3.78. The van der Waals surface area contributed by atoms with Crippen LogP contribution in [0.2, 0.25) is 0 Å². The van der Waals surface area contributed by atoms with Crippen molar-refractivity contribution in [2.24, 2.45) is 0 Å². The summed E-state index contributed by atoms with van der Waals surface area (Å²) in [5, 5.41) is 20.8. The zero-order valence-electron chi connectivity index (χ0n) is 9.86. The molecule has 0 aromatic heterocycles. The van der Waals surface area contributed by atoms with Crippen LogP contribution in [0.3, 0.4) is 0 Å². The fraction of sp³-hybridized carbons (Fsp3) is 0.417. The Bertz CT molecular complexity index is 401. The molecule has 3 N–H and O–H groups in total. The molecular weight excluding hydrogens is 318 g/mol. The molecule has 0 unspecified atom stereocenters. The van der Waals surface area contributed by atoms with Gasteiger partial charge in [0.25, 0.3) is 0 Å². The molecule has 1 rings (SSSR count). The molecule has 0 saturated carbocycles. The number of hydrogen-bond acceptors (Lipinski definition) is 4. The number of aromatic carboxylic acids is 1. The van der Waals surface area contributed by atoms with Crippen molar-refractivity contribution in [3.05, 3.63) is 28.2 Å². The van der Waals surface area contributed by atoms with Crippen LogP contribution in [0.1, 0.15) is 16.8 Å². The summed E-state index contributed by atoms with van der Waals surface area (Å²) in [6.07, 6.45) is 0.794. The predicted molar refractivity (Wildman–Crippen MR) is 78.6 cm³/mol. The quantitative estimate of drug-likeness (QED) is 0.638. The molecule has 0 amide bonds. The highest BCUT2D eigenvalue weighted by molar-refractivity contribution is 9.10. The number of benzene rings is 1. The zero-order valence-corrected chi connectivity index (χ0v) is 12.3. The first-order valence-corrected chi connectivity index (χ1v) is 7.55. The Morgan fingerprint density at radius 1 is 1.39 bits per heavy atom. The molecule has 0 spiro atoms. The van der Waals surface area contributed by atoms with E-state index in [2.05, 4.69) is 21.2 Å². The van der Waals surface area contributed by atoms with Crippen molar-refractivity contribution in [1.82, 2.24) is 0 Å². The molecule has 4 nitrogen and oxygen atoms in total. The summed E-state index contributed by atoms with van der Waals surface area (Å²) in [5.74, 6) is 0.867. The van der Waals surface area contributed by atoms with Gasteiger partial charge >= 0.3 is 5.97 Å². The molecule has 1 aromatic carbocycles. The summed E-state index contributed by atoms with van der Waals surface area (Å²) in [4.78, 5) is 11.0. The second-order valence-corrected chi connectivity index (χ2v) is 5.75. The van der Waals surface area contributed by atoms with E-state index in [1.54, 1.807) is 30.0 Å². The standard InChI is InChI=1S/C12H16BrNO3S/c13-9-2-3-10(12(16)17)11(8-9)14-4-7-18-6-1-5-15/h2-3,8,14-15H,1,4-7H2,(H,16,17). The van der Waals surface area contributed by atoms with Crippen molar-refractivity contribution in [2.75, 3.05) is 30.0 Å². The van der Waals surface area contributed by atoms with E-state index >= 15 is 0 Å². The van der Waals surface area contributed by atoms with Gasteiger partial charge in [-0.25, -0.2) is 4.79 Å². The second-order valence-electron chi connectivity index (χ2n) is 3.61. The van der Waals surface area contributed by atoms with Crippen LogP contribution in [0.5, 0.6) is 0 Å². The van der Waals surface area contributed by atoms with E-state index < -0.39 is 5.97 Å². The minimum Gasteiger partial charge on any atom is -0.478 e. The Hall–Kier alpha value is -0.720. The van der Waals surface area contributed by atoms with Gasteiger partial charge in [-0.05, 0) is 30.4 Å². The minimum absolute atomic E-state index is 0.217. The Morgan fingerprint density at radius 3 is 2.83 bits per heavy atom. The first-order chi connectivity index (χ1) is 8.65. The van der Waals surface area contributed by atoms with E-state index in [9.17, 15) is 4.79 Å². The topological polar surface area (TPSA) is 69.6 Å². The zero-order chi connectivity index (χ0) is 13.4.